The monoisotopic (exact) mass is 405 g/mol. The van der Waals surface area contributed by atoms with Crippen molar-refractivity contribution in [2.45, 2.75) is 19.8 Å². The van der Waals surface area contributed by atoms with Crippen LogP contribution in [-0.4, -0.2) is 43.5 Å². The molecule has 0 spiro atoms. The molecule has 1 N–H and O–H groups in total. The van der Waals surface area contributed by atoms with Crippen LogP contribution in [0, 0.1) is 0 Å². The van der Waals surface area contributed by atoms with E-state index in [2.05, 4.69) is 34.2 Å². The van der Waals surface area contributed by atoms with Gasteiger partial charge in [-0.25, -0.2) is 0 Å². The van der Waals surface area contributed by atoms with Crippen molar-refractivity contribution < 1.29 is 4.79 Å². The van der Waals surface area contributed by atoms with E-state index < -0.39 is 0 Å². The van der Waals surface area contributed by atoms with E-state index in [1.165, 1.54) is 5.69 Å². The van der Waals surface area contributed by atoms with E-state index in [9.17, 15) is 4.79 Å². The van der Waals surface area contributed by atoms with E-state index in [0.717, 1.165) is 44.0 Å². The molecule has 0 saturated carbocycles. The Morgan fingerprint density at radius 2 is 1.74 bits per heavy atom. The lowest BCUT2D eigenvalue weighted by Crippen LogP contribution is -2.46. The predicted octanol–water partition coefficient (Wildman–Crippen LogP) is 4.71. The van der Waals surface area contributed by atoms with Gasteiger partial charge in [-0.05, 0) is 54.9 Å². The molecule has 2 aromatic carbocycles. The Morgan fingerprint density at radius 1 is 1.04 bits per heavy atom. The Labute approximate surface area is 171 Å². The number of hydrogen-bond acceptors (Lipinski definition) is 3. The Balaban J connectivity index is 1.50. The van der Waals surface area contributed by atoms with Crippen LogP contribution in [0.25, 0.3) is 0 Å². The number of aryl methyl sites for hydroxylation is 1. The molecular formula is C21H25Cl2N3O. The van der Waals surface area contributed by atoms with Crippen LogP contribution in [0.2, 0.25) is 10.0 Å². The summed E-state index contributed by atoms with van der Waals surface area (Å²) >= 11 is 12.1. The number of nitrogens with one attached hydrogen (secondary N) is 1. The smallest absolute Gasteiger partial charge is 0.224 e. The summed E-state index contributed by atoms with van der Waals surface area (Å²) in [7, 11) is 0. The third-order valence-corrected chi connectivity index (χ3v) is 5.56. The molecule has 6 heteroatoms. The van der Waals surface area contributed by atoms with E-state index in [-0.39, 0.29) is 5.91 Å². The van der Waals surface area contributed by atoms with Gasteiger partial charge in [0, 0.05) is 54.0 Å². The molecule has 0 unspecified atom stereocenters. The quantitative estimate of drug-likeness (QED) is 0.755. The molecule has 1 aliphatic heterocycles. The standard InChI is InChI=1S/C21H25Cl2N3O/c1-2-25-11-13-26(14-12-25)19-8-6-18(7-9-19)24-21(27)10-4-16-3-5-17(22)15-20(16)23/h3,5-9,15H,2,4,10-14H2,1H3,(H,24,27). The Kier molecular flexibility index (Phi) is 7.00. The van der Waals surface area contributed by atoms with Gasteiger partial charge >= 0.3 is 0 Å². The van der Waals surface area contributed by atoms with Crippen LogP contribution in [0.4, 0.5) is 11.4 Å². The van der Waals surface area contributed by atoms with Gasteiger partial charge in [-0.1, -0.05) is 36.2 Å². The minimum atomic E-state index is -0.0228. The number of halogens is 2. The highest BCUT2D eigenvalue weighted by molar-refractivity contribution is 6.35. The molecule has 1 fully saturated rings. The number of likely N-dealkylation sites (N-methyl/N-ethyl adjacent to an activating group) is 1. The third-order valence-electron chi connectivity index (χ3n) is 4.97. The molecule has 0 radical (unpaired) electrons. The van der Waals surface area contributed by atoms with Crippen LogP contribution in [-0.2, 0) is 11.2 Å². The van der Waals surface area contributed by atoms with Gasteiger partial charge in [-0.3, -0.25) is 4.79 Å². The summed E-state index contributed by atoms with van der Waals surface area (Å²) in [4.78, 5) is 17.1. The normalized spacial score (nSPS) is 15.0. The highest BCUT2D eigenvalue weighted by Crippen LogP contribution is 2.23. The van der Waals surface area contributed by atoms with Gasteiger partial charge in [0.1, 0.15) is 0 Å². The average Bonchev–Trinajstić information content (AvgIpc) is 2.68. The Bertz CT molecular complexity index is 771. The van der Waals surface area contributed by atoms with Gasteiger partial charge in [-0.15, -0.1) is 0 Å². The fourth-order valence-electron chi connectivity index (χ4n) is 3.27. The second-order valence-corrected chi connectivity index (χ2v) is 7.60. The molecule has 0 aliphatic carbocycles. The topological polar surface area (TPSA) is 35.6 Å². The fourth-order valence-corrected chi connectivity index (χ4v) is 3.78. The zero-order chi connectivity index (χ0) is 19.2. The molecule has 1 heterocycles. The van der Waals surface area contributed by atoms with Crippen molar-refractivity contribution >= 4 is 40.5 Å². The maximum absolute atomic E-state index is 12.2. The van der Waals surface area contributed by atoms with Crippen LogP contribution in [0.5, 0.6) is 0 Å². The number of rotatable bonds is 6. The molecule has 1 saturated heterocycles. The number of nitrogens with zero attached hydrogens (tertiary/aromatic N) is 2. The van der Waals surface area contributed by atoms with Crippen LogP contribution >= 0.6 is 23.2 Å². The minimum absolute atomic E-state index is 0.0228. The second-order valence-electron chi connectivity index (χ2n) is 6.75. The Hall–Kier alpha value is -1.75. The summed E-state index contributed by atoms with van der Waals surface area (Å²) in [5.41, 5.74) is 2.95. The first kappa shape index (κ1) is 20.0. The number of anilines is 2. The Morgan fingerprint density at radius 3 is 2.37 bits per heavy atom. The molecular weight excluding hydrogens is 381 g/mol. The summed E-state index contributed by atoms with van der Waals surface area (Å²) in [5, 5.41) is 4.16. The minimum Gasteiger partial charge on any atom is -0.369 e. The summed E-state index contributed by atoms with van der Waals surface area (Å²) in [5.74, 6) is -0.0228. The second kappa shape index (κ2) is 9.45. The van der Waals surface area contributed by atoms with Crippen LogP contribution in [0.15, 0.2) is 42.5 Å². The molecule has 3 rings (SSSR count). The first-order valence-corrected chi connectivity index (χ1v) is 10.1. The van der Waals surface area contributed by atoms with Crippen molar-refractivity contribution in [3.8, 4) is 0 Å². The van der Waals surface area contributed by atoms with E-state index in [4.69, 9.17) is 23.2 Å². The van der Waals surface area contributed by atoms with Crippen molar-refractivity contribution in [2.24, 2.45) is 0 Å². The lowest BCUT2D eigenvalue weighted by atomic mass is 10.1. The van der Waals surface area contributed by atoms with E-state index >= 15 is 0 Å². The molecule has 0 bridgehead atoms. The van der Waals surface area contributed by atoms with Crippen molar-refractivity contribution in [1.82, 2.24) is 4.90 Å². The first-order valence-electron chi connectivity index (χ1n) is 9.36. The zero-order valence-electron chi connectivity index (χ0n) is 15.5. The van der Waals surface area contributed by atoms with E-state index in [1.54, 1.807) is 12.1 Å². The predicted molar refractivity (Wildman–Crippen MR) is 114 cm³/mol. The highest BCUT2D eigenvalue weighted by atomic mass is 35.5. The molecule has 27 heavy (non-hydrogen) atoms. The van der Waals surface area contributed by atoms with Crippen molar-refractivity contribution in [1.29, 1.82) is 0 Å². The maximum atomic E-state index is 12.2. The molecule has 0 aromatic heterocycles. The van der Waals surface area contributed by atoms with Crippen LogP contribution < -0.4 is 10.2 Å². The average molecular weight is 406 g/mol. The molecule has 1 amide bonds. The van der Waals surface area contributed by atoms with Crippen molar-refractivity contribution in [3.63, 3.8) is 0 Å². The summed E-state index contributed by atoms with van der Waals surface area (Å²) < 4.78 is 0. The van der Waals surface area contributed by atoms with Gasteiger partial charge in [0.2, 0.25) is 5.91 Å². The number of piperazine rings is 1. The molecule has 144 valence electrons. The fraction of sp³-hybridized carbons (Fsp3) is 0.381. The zero-order valence-corrected chi connectivity index (χ0v) is 17.1. The summed E-state index contributed by atoms with van der Waals surface area (Å²) in [6.45, 7) is 7.60. The number of carbonyl (C=O) groups excluding carboxylic acids is 1. The van der Waals surface area contributed by atoms with E-state index in [0.29, 0.717) is 22.9 Å². The van der Waals surface area contributed by atoms with E-state index in [1.807, 2.05) is 18.2 Å². The van der Waals surface area contributed by atoms with Crippen molar-refractivity contribution in [2.75, 3.05) is 42.9 Å². The lowest BCUT2D eigenvalue weighted by molar-refractivity contribution is -0.116. The van der Waals surface area contributed by atoms with Gasteiger partial charge in [0.25, 0.3) is 0 Å². The van der Waals surface area contributed by atoms with Crippen LogP contribution in [0.1, 0.15) is 18.9 Å². The van der Waals surface area contributed by atoms with Gasteiger partial charge in [-0.2, -0.15) is 0 Å². The SMILES string of the molecule is CCN1CCN(c2ccc(NC(=O)CCc3ccc(Cl)cc3Cl)cc2)CC1. The first-order chi connectivity index (χ1) is 13.0. The highest BCUT2D eigenvalue weighted by Gasteiger charge is 2.15. The molecule has 1 aliphatic rings. The molecule has 4 nitrogen and oxygen atoms in total. The molecule has 0 atom stereocenters. The summed E-state index contributed by atoms with van der Waals surface area (Å²) in [6, 6.07) is 13.4. The van der Waals surface area contributed by atoms with Crippen molar-refractivity contribution in [3.05, 3.63) is 58.1 Å². The van der Waals surface area contributed by atoms with Gasteiger partial charge in [0.05, 0.1) is 0 Å². The largest absolute Gasteiger partial charge is 0.369 e. The third kappa shape index (κ3) is 5.61. The molecule has 2 aromatic rings. The number of carbonyl (C=O) groups is 1. The lowest BCUT2D eigenvalue weighted by Gasteiger charge is -2.35. The maximum Gasteiger partial charge on any atom is 0.224 e. The van der Waals surface area contributed by atoms with Gasteiger partial charge < -0.3 is 15.1 Å². The van der Waals surface area contributed by atoms with Gasteiger partial charge in [0.15, 0.2) is 0 Å². The number of benzene rings is 2. The number of amides is 1. The van der Waals surface area contributed by atoms with Crippen LogP contribution in [0.3, 0.4) is 0 Å². The summed E-state index contributed by atoms with van der Waals surface area (Å²) in [6.07, 6.45) is 0.962. The number of hydrogen-bond donors (Lipinski definition) is 1.